The summed E-state index contributed by atoms with van der Waals surface area (Å²) in [6.07, 6.45) is 5.69. The molecule has 1 saturated heterocycles. The quantitative estimate of drug-likeness (QED) is 0.727. The summed E-state index contributed by atoms with van der Waals surface area (Å²) in [5, 5.41) is 3.02. The van der Waals surface area contributed by atoms with Gasteiger partial charge in [0.2, 0.25) is 11.8 Å². The molecular formula is C25H30N2O3. The number of carbonyl (C=O) groups is 2. The molecule has 1 N–H and O–H groups in total. The summed E-state index contributed by atoms with van der Waals surface area (Å²) in [6, 6.07) is 18.5. The molecule has 2 fully saturated rings. The number of nitrogens with one attached hydrogen (secondary N) is 1. The molecule has 0 spiro atoms. The lowest BCUT2D eigenvalue weighted by Crippen LogP contribution is -2.37. The van der Waals surface area contributed by atoms with Crippen LogP contribution in [0.25, 0.3) is 0 Å². The van der Waals surface area contributed by atoms with E-state index < -0.39 is 0 Å². The fraction of sp³-hybridized carbons (Fsp3) is 0.440. The number of nitrogens with zero attached hydrogens (tertiary/aromatic N) is 1. The van der Waals surface area contributed by atoms with Gasteiger partial charge in [-0.25, -0.2) is 0 Å². The standard InChI is InChI=1S/C25H30N2O3/c28-24-16-21(17-27(24)22-8-4-5-9-22)25(29)26-15-14-19-10-12-23(13-11-19)30-18-20-6-2-1-3-7-20/h1-3,6-7,10-13,21-22H,4-5,8-9,14-18H2,(H,26,29). The van der Waals surface area contributed by atoms with Gasteiger partial charge in [0, 0.05) is 25.6 Å². The average Bonchev–Trinajstić information content (AvgIpc) is 3.43. The van der Waals surface area contributed by atoms with Crippen LogP contribution in [0.15, 0.2) is 54.6 Å². The van der Waals surface area contributed by atoms with Crippen molar-refractivity contribution in [2.75, 3.05) is 13.1 Å². The fourth-order valence-corrected chi connectivity index (χ4v) is 4.44. The van der Waals surface area contributed by atoms with E-state index in [2.05, 4.69) is 5.32 Å². The number of likely N-dealkylation sites (tertiary alicyclic amines) is 1. The smallest absolute Gasteiger partial charge is 0.225 e. The molecule has 30 heavy (non-hydrogen) atoms. The molecule has 1 aliphatic carbocycles. The van der Waals surface area contributed by atoms with Crippen LogP contribution in [0.2, 0.25) is 0 Å². The molecule has 2 amide bonds. The van der Waals surface area contributed by atoms with E-state index in [0.29, 0.717) is 32.2 Å². The number of hydrogen-bond acceptors (Lipinski definition) is 3. The molecule has 2 aromatic carbocycles. The predicted octanol–water partition coefficient (Wildman–Crippen LogP) is 3.72. The molecule has 5 heteroatoms. The van der Waals surface area contributed by atoms with Crippen LogP contribution in [-0.2, 0) is 22.6 Å². The minimum atomic E-state index is -0.202. The zero-order valence-electron chi connectivity index (χ0n) is 17.4. The monoisotopic (exact) mass is 406 g/mol. The van der Waals surface area contributed by atoms with E-state index in [1.807, 2.05) is 59.5 Å². The van der Waals surface area contributed by atoms with Crippen molar-refractivity contribution in [3.05, 3.63) is 65.7 Å². The highest BCUT2D eigenvalue weighted by atomic mass is 16.5. The summed E-state index contributed by atoms with van der Waals surface area (Å²) < 4.78 is 5.81. The second kappa shape index (κ2) is 9.79. The molecule has 2 aromatic rings. The van der Waals surface area contributed by atoms with E-state index in [4.69, 9.17) is 4.74 Å². The maximum atomic E-state index is 12.5. The normalized spacial score (nSPS) is 19.3. The van der Waals surface area contributed by atoms with Gasteiger partial charge in [0.1, 0.15) is 12.4 Å². The molecule has 0 radical (unpaired) electrons. The van der Waals surface area contributed by atoms with Gasteiger partial charge in [-0.3, -0.25) is 9.59 Å². The van der Waals surface area contributed by atoms with E-state index in [-0.39, 0.29) is 17.7 Å². The molecule has 1 unspecified atom stereocenters. The number of ether oxygens (including phenoxy) is 1. The van der Waals surface area contributed by atoms with Crippen molar-refractivity contribution < 1.29 is 14.3 Å². The van der Waals surface area contributed by atoms with Crippen LogP contribution in [0.4, 0.5) is 0 Å². The SMILES string of the molecule is O=C(NCCc1ccc(OCc2ccccc2)cc1)C1CC(=O)N(C2CCCC2)C1. The summed E-state index contributed by atoms with van der Waals surface area (Å²) in [4.78, 5) is 26.7. The van der Waals surface area contributed by atoms with Crippen molar-refractivity contribution in [1.29, 1.82) is 0 Å². The third-order valence-electron chi connectivity index (χ3n) is 6.18. The molecule has 4 rings (SSSR count). The van der Waals surface area contributed by atoms with Crippen LogP contribution >= 0.6 is 0 Å². The minimum Gasteiger partial charge on any atom is -0.489 e. The van der Waals surface area contributed by atoms with E-state index in [1.54, 1.807) is 0 Å². The van der Waals surface area contributed by atoms with Crippen molar-refractivity contribution in [3.8, 4) is 5.75 Å². The first-order valence-corrected chi connectivity index (χ1v) is 11.0. The highest BCUT2D eigenvalue weighted by molar-refractivity contribution is 5.89. The lowest BCUT2D eigenvalue weighted by atomic mass is 10.1. The highest BCUT2D eigenvalue weighted by Gasteiger charge is 2.38. The van der Waals surface area contributed by atoms with Crippen LogP contribution in [0.1, 0.15) is 43.2 Å². The molecule has 2 aliphatic rings. The molecule has 158 valence electrons. The first-order valence-electron chi connectivity index (χ1n) is 11.0. The average molecular weight is 407 g/mol. The Labute approximate surface area is 178 Å². The Morgan fingerprint density at radius 3 is 2.47 bits per heavy atom. The zero-order chi connectivity index (χ0) is 20.8. The molecular weight excluding hydrogens is 376 g/mol. The molecule has 1 aliphatic heterocycles. The van der Waals surface area contributed by atoms with Gasteiger partial charge < -0.3 is 15.0 Å². The Morgan fingerprint density at radius 2 is 1.73 bits per heavy atom. The zero-order valence-corrected chi connectivity index (χ0v) is 17.4. The number of carbonyl (C=O) groups excluding carboxylic acids is 2. The van der Waals surface area contributed by atoms with E-state index >= 15 is 0 Å². The molecule has 5 nitrogen and oxygen atoms in total. The Hall–Kier alpha value is -2.82. The van der Waals surface area contributed by atoms with Crippen LogP contribution in [0.5, 0.6) is 5.75 Å². The number of rotatable bonds is 8. The van der Waals surface area contributed by atoms with Crippen molar-refractivity contribution in [1.82, 2.24) is 10.2 Å². The third-order valence-corrected chi connectivity index (χ3v) is 6.18. The number of benzene rings is 2. The van der Waals surface area contributed by atoms with Gasteiger partial charge in [-0.2, -0.15) is 0 Å². The molecule has 1 saturated carbocycles. The number of amides is 2. The fourth-order valence-electron chi connectivity index (χ4n) is 4.44. The van der Waals surface area contributed by atoms with E-state index in [0.717, 1.165) is 36.1 Å². The largest absolute Gasteiger partial charge is 0.489 e. The third kappa shape index (κ3) is 5.21. The van der Waals surface area contributed by atoms with Crippen LogP contribution in [0.3, 0.4) is 0 Å². The second-order valence-corrected chi connectivity index (χ2v) is 8.34. The maximum absolute atomic E-state index is 12.5. The van der Waals surface area contributed by atoms with Crippen molar-refractivity contribution in [3.63, 3.8) is 0 Å². The molecule has 1 atom stereocenters. The lowest BCUT2D eigenvalue weighted by molar-refractivity contribution is -0.130. The van der Waals surface area contributed by atoms with E-state index in [1.165, 1.54) is 12.8 Å². The van der Waals surface area contributed by atoms with Crippen LogP contribution in [0, 0.1) is 5.92 Å². The van der Waals surface area contributed by atoms with Crippen molar-refractivity contribution in [2.24, 2.45) is 5.92 Å². The lowest BCUT2D eigenvalue weighted by Gasteiger charge is -2.23. The summed E-state index contributed by atoms with van der Waals surface area (Å²) in [5.74, 6) is 0.787. The van der Waals surface area contributed by atoms with Crippen LogP contribution in [-0.4, -0.2) is 35.8 Å². The second-order valence-electron chi connectivity index (χ2n) is 8.34. The Morgan fingerprint density at radius 1 is 1.00 bits per heavy atom. The van der Waals surface area contributed by atoms with Gasteiger partial charge in [0.25, 0.3) is 0 Å². The molecule has 1 heterocycles. The van der Waals surface area contributed by atoms with Gasteiger partial charge in [-0.15, -0.1) is 0 Å². The Kier molecular flexibility index (Phi) is 6.67. The van der Waals surface area contributed by atoms with Crippen LogP contribution < -0.4 is 10.1 Å². The van der Waals surface area contributed by atoms with E-state index in [9.17, 15) is 9.59 Å². The predicted molar refractivity (Wildman–Crippen MR) is 116 cm³/mol. The van der Waals surface area contributed by atoms with Crippen molar-refractivity contribution >= 4 is 11.8 Å². The van der Waals surface area contributed by atoms with Gasteiger partial charge in [0.15, 0.2) is 0 Å². The summed E-state index contributed by atoms with van der Waals surface area (Å²) in [7, 11) is 0. The van der Waals surface area contributed by atoms with Gasteiger partial charge in [-0.05, 0) is 42.5 Å². The first kappa shape index (κ1) is 20.5. The van der Waals surface area contributed by atoms with Gasteiger partial charge in [-0.1, -0.05) is 55.3 Å². The number of hydrogen-bond donors (Lipinski definition) is 1. The van der Waals surface area contributed by atoms with Crippen molar-refractivity contribution in [2.45, 2.75) is 51.2 Å². The molecule has 0 bridgehead atoms. The summed E-state index contributed by atoms with van der Waals surface area (Å²) >= 11 is 0. The first-order chi connectivity index (χ1) is 14.7. The summed E-state index contributed by atoms with van der Waals surface area (Å²) in [5.41, 5.74) is 2.29. The Balaban J connectivity index is 1.18. The van der Waals surface area contributed by atoms with Gasteiger partial charge >= 0.3 is 0 Å². The van der Waals surface area contributed by atoms with Gasteiger partial charge in [0.05, 0.1) is 5.92 Å². The summed E-state index contributed by atoms with van der Waals surface area (Å²) in [6.45, 7) is 1.72. The highest BCUT2D eigenvalue weighted by Crippen LogP contribution is 2.29. The molecule has 0 aromatic heterocycles. The Bertz CT molecular complexity index is 844. The minimum absolute atomic E-state index is 0.00617. The topological polar surface area (TPSA) is 58.6 Å². The maximum Gasteiger partial charge on any atom is 0.225 e.